The van der Waals surface area contributed by atoms with Crippen LogP contribution in [-0.4, -0.2) is 46.9 Å². The third-order valence-electron chi connectivity index (χ3n) is 4.44. The SMILES string of the molecule is Cl.O=C(c1ccco1)N1CCN(Cc2nc(-c3ccc(F)cc3)cs2)CC1. The lowest BCUT2D eigenvalue weighted by atomic mass is 10.2. The maximum atomic E-state index is 13.0. The van der Waals surface area contributed by atoms with E-state index in [0.717, 1.165) is 35.9 Å². The molecule has 4 rings (SSSR count). The summed E-state index contributed by atoms with van der Waals surface area (Å²) in [6, 6.07) is 9.81. The number of furan rings is 1. The molecular weight excluding hydrogens is 389 g/mol. The fourth-order valence-electron chi connectivity index (χ4n) is 2.99. The maximum Gasteiger partial charge on any atom is 0.289 e. The third-order valence-corrected chi connectivity index (χ3v) is 5.28. The first-order chi connectivity index (χ1) is 12.7. The van der Waals surface area contributed by atoms with Gasteiger partial charge in [-0.05, 0) is 36.4 Å². The normalized spacial score (nSPS) is 14.8. The molecule has 1 saturated heterocycles. The summed E-state index contributed by atoms with van der Waals surface area (Å²) in [6.45, 7) is 3.72. The number of hydrogen-bond donors (Lipinski definition) is 0. The van der Waals surface area contributed by atoms with Gasteiger partial charge in [-0.3, -0.25) is 9.69 Å². The summed E-state index contributed by atoms with van der Waals surface area (Å²) in [5.74, 6) is 0.0935. The molecule has 0 saturated carbocycles. The van der Waals surface area contributed by atoms with E-state index in [4.69, 9.17) is 4.42 Å². The molecule has 1 fully saturated rings. The van der Waals surface area contributed by atoms with Gasteiger partial charge in [0.1, 0.15) is 10.8 Å². The summed E-state index contributed by atoms with van der Waals surface area (Å²) < 4.78 is 18.2. The van der Waals surface area contributed by atoms with Gasteiger partial charge in [0.15, 0.2) is 5.76 Å². The Hall–Kier alpha value is -2.22. The van der Waals surface area contributed by atoms with Crippen LogP contribution in [0.25, 0.3) is 11.3 Å². The molecule has 0 aliphatic carbocycles. The number of aromatic nitrogens is 1. The number of thiazole rings is 1. The number of carbonyl (C=O) groups excluding carboxylic acids is 1. The van der Waals surface area contributed by atoms with Crippen LogP contribution in [0.5, 0.6) is 0 Å². The fraction of sp³-hybridized carbons (Fsp3) is 0.263. The van der Waals surface area contributed by atoms with E-state index in [1.807, 2.05) is 10.3 Å². The molecule has 0 radical (unpaired) electrons. The highest BCUT2D eigenvalue weighted by molar-refractivity contribution is 7.09. The standard InChI is InChI=1S/C19H18FN3O2S.ClH/c20-15-5-3-14(4-6-15)16-13-26-18(21-16)12-22-7-9-23(10-8-22)19(24)17-2-1-11-25-17;/h1-6,11,13H,7-10,12H2;1H. The molecular formula is C19H19ClFN3O2S. The highest BCUT2D eigenvalue weighted by Crippen LogP contribution is 2.23. The predicted molar refractivity (Wildman–Crippen MR) is 105 cm³/mol. The van der Waals surface area contributed by atoms with Crippen LogP contribution >= 0.6 is 23.7 Å². The van der Waals surface area contributed by atoms with Gasteiger partial charge in [0.25, 0.3) is 5.91 Å². The van der Waals surface area contributed by atoms with Crippen LogP contribution in [0.1, 0.15) is 15.6 Å². The van der Waals surface area contributed by atoms with E-state index in [0.29, 0.717) is 18.8 Å². The van der Waals surface area contributed by atoms with Crippen LogP contribution in [0.15, 0.2) is 52.5 Å². The molecule has 1 aliphatic rings. The number of nitrogens with zero attached hydrogens (tertiary/aromatic N) is 3. The van der Waals surface area contributed by atoms with Crippen LogP contribution in [0.2, 0.25) is 0 Å². The minimum atomic E-state index is -0.244. The number of amides is 1. The summed E-state index contributed by atoms with van der Waals surface area (Å²) in [7, 11) is 0. The topological polar surface area (TPSA) is 49.6 Å². The Morgan fingerprint density at radius 2 is 1.89 bits per heavy atom. The van der Waals surface area contributed by atoms with Crippen LogP contribution in [0.3, 0.4) is 0 Å². The molecule has 1 aliphatic heterocycles. The Kier molecular flexibility index (Phi) is 6.26. The van der Waals surface area contributed by atoms with Crippen LogP contribution in [0.4, 0.5) is 4.39 Å². The fourth-order valence-corrected chi connectivity index (χ4v) is 3.84. The maximum absolute atomic E-state index is 13.0. The number of hydrogen-bond acceptors (Lipinski definition) is 5. The highest BCUT2D eigenvalue weighted by Gasteiger charge is 2.24. The summed E-state index contributed by atoms with van der Waals surface area (Å²) in [5.41, 5.74) is 1.79. The second-order valence-corrected chi connectivity index (χ2v) is 7.12. The van der Waals surface area contributed by atoms with Crippen molar-refractivity contribution in [1.82, 2.24) is 14.8 Å². The Morgan fingerprint density at radius 3 is 2.56 bits per heavy atom. The average Bonchev–Trinajstić information content (AvgIpc) is 3.35. The third kappa shape index (κ3) is 4.55. The van der Waals surface area contributed by atoms with Gasteiger partial charge in [-0.1, -0.05) is 0 Å². The molecule has 2 aromatic heterocycles. The van der Waals surface area contributed by atoms with Crippen molar-refractivity contribution in [2.45, 2.75) is 6.54 Å². The molecule has 0 atom stereocenters. The van der Waals surface area contributed by atoms with Crippen LogP contribution in [-0.2, 0) is 6.54 Å². The van der Waals surface area contributed by atoms with Gasteiger partial charge >= 0.3 is 0 Å². The zero-order valence-corrected chi connectivity index (χ0v) is 16.1. The first-order valence-electron chi connectivity index (χ1n) is 8.44. The molecule has 1 aromatic carbocycles. The molecule has 0 N–H and O–H groups in total. The number of rotatable bonds is 4. The van der Waals surface area contributed by atoms with Crippen molar-refractivity contribution in [3.63, 3.8) is 0 Å². The van der Waals surface area contributed by atoms with E-state index in [1.165, 1.54) is 18.4 Å². The van der Waals surface area contributed by atoms with Crippen molar-refractivity contribution in [2.75, 3.05) is 26.2 Å². The zero-order chi connectivity index (χ0) is 17.9. The van der Waals surface area contributed by atoms with E-state index in [-0.39, 0.29) is 24.1 Å². The molecule has 3 heterocycles. The van der Waals surface area contributed by atoms with Gasteiger partial charge in [0, 0.05) is 37.1 Å². The van der Waals surface area contributed by atoms with Crippen molar-refractivity contribution in [3.8, 4) is 11.3 Å². The summed E-state index contributed by atoms with van der Waals surface area (Å²) in [5, 5.41) is 3.02. The van der Waals surface area contributed by atoms with Crippen LogP contribution < -0.4 is 0 Å². The van der Waals surface area contributed by atoms with E-state index in [1.54, 1.807) is 35.6 Å². The summed E-state index contributed by atoms with van der Waals surface area (Å²) in [6.07, 6.45) is 1.52. The van der Waals surface area contributed by atoms with Gasteiger partial charge < -0.3 is 9.32 Å². The van der Waals surface area contributed by atoms with Gasteiger partial charge in [-0.2, -0.15) is 0 Å². The van der Waals surface area contributed by atoms with Crippen molar-refractivity contribution in [3.05, 3.63) is 64.6 Å². The Bertz CT molecular complexity index is 875. The molecule has 3 aromatic rings. The molecule has 8 heteroatoms. The smallest absolute Gasteiger partial charge is 0.289 e. The highest BCUT2D eigenvalue weighted by atomic mass is 35.5. The molecule has 0 bridgehead atoms. The van der Waals surface area contributed by atoms with Crippen LogP contribution in [0, 0.1) is 5.82 Å². The van der Waals surface area contributed by atoms with Crippen molar-refractivity contribution in [1.29, 1.82) is 0 Å². The number of piperazine rings is 1. The summed E-state index contributed by atoms with van der Waals surface area (Å²) >= 11 is 1.61. The average molecular weight is 408 g/mol. The Labute approximate surface area is 166 Å². The lowest BCUT2D eigenvalue weighted by Gasteiger charge is -2.33. The van der Waals surface area contributed by atoms with Gasteiger partial charge in [0.2, 0.25) is 0 Å². The molecule has 142 valence electrons. The largest absolute Gasteiger partial charge is 0.459 e. The predicted octanol–water partition coefficient (Wildman–Crippen LogP) is 3.92. The molecule has 27 heavy (non-hydrogen) atoms. The second-order valence-electron chi connectivity index (χ2n) is 6.18. The quantitative estimate of drug-likeness (QED) is 0.657. The first kappa shape index (κ1) is 19.5. The zero-order valence-electron chi connectivity index (χ0n) is 14.5. The summed E-state index contributed by atoms with van der Waals surface area (Å²) in [4.78, 5) is 21.1. The minimum Gasteiger partial charge on any atom is -0.459 e. The van der Waals surface area contributed by atoms with Crippen molar-refractivity contribution >= 4 is 29.7 Å². The lowest BCUT2D eigenvalue weighted by Crippen LogP contribution is -2.48. The Balaban J connectivity index is 0.00000210. The van der Waals surface area contributed by atoms with Gasteiger partial charge in [-0.25, -0.2) is 9.37 Å². The van der Waals surface area contributed by atoms with E-state index in [2.05, 4.69) is 9.88 Å². The number of halogens is 2. The molecule has 0 unspecified atom stereocenters. The van der Waals surface area contributed by atoms with Gasteiger partial charge in [-0.15, -0.1) is 23.7 Å². The number of carbonyl (C=O) groups is 1. The monoisotopic (exact) mass is 407 g/mol. The second kappa shape index (κ2) is 8.65. The van der Waals surface area contributed by atoms with E-state index in [9.17, 15) is 9.18 Å². The number of benzene rings is 1. The Morgan fingerprint density at radius 1 is 1.15 bits per heavy atom. The van der Waals surface area contributed by atoms with E-state index >= 15 is 0 Å². The lowest BCUT2D eigenvalue weighted by molar-refractivity contribution is 0.0598. The van der Waals surface area contributed by atoms with Crippen molar-refractivity contribution < 1.29 is 13.6 Å². The van der Waals surface area contributed by atoms with Crippen molar-refractivity contribution in [2.24, 2.45) is 0 Å². The van der Waals surface area contributed by atoms with E-state index < -0.39 is 0 Å². The molecule has 5 nitrogen and oxygen atoms in total. The molecule has 0 spiro atoms. The first-order valence-corrected chi connectivity index (χ1v) is 9.32. The minimum absolute atomic E-state index is 0. The molecule has 1 amide bonds. The van der Waals surface area contributed by atoms with Gasteiger partial charge in [0.05, 0.1) is 18.5 Å².